The molecular formula is C15H21BBrN3OSi. The van der Waals surface area contributed by atoms with E-state index in [1.165, 1.54) is 0 Å². The van der Waals surface area contributed by atoms with Gasteiger partial charge in [-0.15, -0.1) is 0 Å². The number of aromatic amines is 1. The summed E-state index contributed by atoms with van der Waals surface area (Å²) in [5.74, 6) is 0.969. The molecule has 7 heteroatoms. The lowest BCUT2D eigenvalue weighted by Crippen LogP contribution is -2.40. The van der Waals surface area contributed by atoms with Crippen molar-refractivity contribution in [2.45, 2.75) is 32.0 Å². The van der Waals surface area contributed by atoms with E-state index in [0.717, 1.165) is 33.8 Å². The van der Waals surface area contributed by atoms with Gasteiger partial charge in [0.15, 0.2) is 0 Å². The highest BCUT2D eigenvalue weighted by molar-refractivity contribution is 9.10. The summed E-state index contributed by atoms with van der Waals surface area (Å²) < 4.78 is 1.07. The molecule has 1 atom stereocenters. The molecule has 0 saturated carbocycles. The third-order valence-electron chi connectivity index (χ3n) is 4.30. The molecule has 1 aromatic heterocycles. The maximum absolute atomic E-state index is 10.1. The van der Waals surface area contributed by atoms with Crippen LogP contribution in [0.5, 0.6) is 0 Å². The largest absolute Gasteiger partial charge is 0.437 e. The minimum absolute atomic E-state index is 0.200. The fraction of sp³-hybridized carbons (Fsp3) is 0.400. The zero-order valence-corrected chi connectivity index (χ0v) is 15.8. The van der Waals surface area contributed by atoms with Gasteiger partial charge < -0.3 is 14.8 Å². The summed E-state index contributed by atoms with van der Waals surface area (Å²) in [6.45, 7) is 6.60. The summed E-state index contributed by atoms with van der Waals surface area (Å²) in [6, 6.07) is 9.53. The van der Waals surface area contributed by atoms with Gasteiger partial charge in [-0.1, -0.05) is 41.2 Å². The number of nitrogens with zero attached hydrogens (tertiary/aromatic N) is 2. The Kier molecular flexibility index (Phi) is 4.33. The van der Waals surface area contributed by atoms with Crippen molar-refractivity contribution in [3.63, 3.8) is 0 Å². The van der Waals surface area contributed by atoms with E-state index in [1.54, 1.807) is 0 Å². The molecule has 1 saturated heterocycles. The standard InChI is InChI=1S/C15H21BBrN3OSi/c1-16(21)20-10-22(2,3)9-14(20)15-18-8-13(19-15)11-4-6-12(17)7-5-11/h4-8,14,21H,9-10H2,1-3H3,(H,18,19)/t14-/m0/s1. The first-order chi connectivity index (χ1) is 10.4. The van der Waals surface area contributed by atoms with Crippen LogP contribution in [0.15, 0.2) is 34.9 Å². The molecule has 116 valence electrons. The Labute approximate surface area is 141 Å². The first-order valence-corrected chi connectivity index (χ1v) is 11.8. The van der Waals surface area contributed by atoms with Gasteiger partial charge in [0.05, 0.1) is 26.0 Å². The Bertz CT molecular complexity index is 659. The number of imidazole rings is 1. The van der Waals surface area contributed by atoms with Gasteiger partial charge in [0.1, 0.15) is 5.82 Å². The lowest BCUT2D eigenvalue weighted by molar-refractivity contribution is 0.350. The lowest BCUT2D eigenvalue weighted by Gasteiger charge is -2.23. The number of nitrogens with one attached hydrogen (secondary N) is 1. The Hall–Kier alpha value is -0.888. The van der Waals surface area contributed by atoms with E-state index < -0.39 is 15.1 Å². The maximum atomic E-state index is 10.1. The maximum Gasteiger partial charge on any atom is 0.376 e. The van der Waals surface area contributed by atoms with Gasteiger partial charge >= 0.3 is 7.05 Å². The van der Waals surface area contributed by atoms with Crippen molar-refractivity contribution in [1.82, 2.24) is 14.8 Å². The highest BCUT2D eigenvalue weighted by Gasteiger charge is 2.43. The molecule has 0 unspecified atom stereocenters. The second-order valence-electron chi connectivity index (χ2n) is 6.88. The first kappa shape index (κ1) is 16.0. The third-order valence-corrected chi connectivity index (χ3v) is 7.54. The fourth-order valence-electron chi connectivity index (χ4n) is 3.24. The molecule has 0 aliphatic carbocycles. The van der Waals surface area contributed by atoms with Crippen LogP contribution in [0, 0.1) is 0 Å². The highest BCUT2D eigenvalue weighted by atomic mass is 79.9. The van der Waals surface area contributed by atoms with Gasteiger partial charge in [0.25, 0.3) is 0 Å². The van der Waals surface area contributed by atoms with Gasteiger partial charge in [-0.25, -0.2) is 4.98 Å². The van der Waals surface area contributed by atoms with Gasteiger partial charge in [0.2, 0.25) is 0 Å². The van der Waals surface area contributed by atoms with Crippen LogP contribution in [-0.4, -0.2) is 41.1 Å². The Morgan fingerprint density at radius 3 is 2.68 bits per heavy atom. The highest BCUT2D eigenvalue weighted by Crippen LogP contribution is 2.37. The molecular weight excluding hydrogens is 357 g/mol. The van der Waals surface area contributed by atoms with E-state index in [-0.39, 0.29) is 6.04 Å². The van der Waals surface area contributed by atoms with Crippen molar-refractivity contribution in [3.05, 3.63) is 40.8 Å². The number of rotatable bonds is 3. The molecule has 1 fully saturated rings. The second kappa shape index (κ2) is 5.96. The van der Waals surface area contributed by atoms with Gasteiger partial charge in [-0.05, 0) is 36.7 Å². The van der Waals surface area contributed by atoms with Crippen molar-refractivity contribution in [1.29, 1.82) is 0 Å². The number of hydrogen-bond acceptors (Lipinski definition) is 3. The molecule has 0 radical (unpaired) electrons. The van der Waals surface area contributed by atoms with Gasteiger partial charge in [-0.2, -0.15) is 0 Å². The smallest absolute Gasteiger partial charge is 0.376 e. The van der Waals surface area contributed by atoms with E-state index in [1.807, 2.05) is 25.2 Å². The van der Waals surface area contributed by atoms with Crippen LogP contribution in [0.1, 0.15) is 11.9 Å². The quantitative estimate of drug-likeness (QED) is 0.804. The number of hydrogen-bond donors (Lipinski definition) is 2. The fourth-order valence-corrected chi connectivity index (χ4v) is 6.58. The van der Waals surface area contributed by atoms with Crippen LogP contribution in [-0.2, 0) is 0 Å². The van der Waals surface area contributed by atoms with Crippen LogP contribution >= 0.6 is 15.9 Å². The molecule has 2 heterocycles. The average Bonchev–Trinajstić information content (AvgIpc) is 3.03. The molecule has 1 aliphatic rings. The average molecular weight is 378 g/mol. The SMILES string of the molecule is CB(O)N1C[Si](C)(C)C[C@H]1c1ncc(-c2ccc(Br)cc2)[nH]1. The summed E-state index contributed by atoms with van der Waals surface area (Å²) in [5.41, 5.74) is 2.15. The van der Waals surface area contributed by atoms with E-state index in [0.29, 0.717) is 0 Å². The Morgan fingerprint density at radius 2 is 2.05 bits per heavy atom. The predicted molar refractivity (Wildman–Crippen MR) is 97.3 cm³/mol. The van der Waals surface area contributed by atoms with Crippen LogP contribution in [0.4, 0.5) is 0 Å². The molecule has 1 aromatic carbocycles. The van der Waals surface area contributed by atoms with E-state index in [9.17, 15) is 5.02 Å². The summed E-state index contributed by atoms with van der Waals surface area (Å²) >= 11 is 3.46. The molecule has 2 aromatic rings. The molecule has 0 bridgehead atoms. The number of benzene rings is 1. The second-order valence-corrected chi connectivity index (χ2v) is 12.8. The van der Waals surface area contributed by atoms with Crippen LogP contribution in [0.25, 0.3) is 11.3 Å². The normalized spacial score (nSPS) is 21.2. The summed E-state index contributed by atoms with van der Waals surface area (Å²) in [6.07, 6.45) is 2.91. The van der Waals surface area contributed by atoms with Crippen LogP contribution in [0.3, 0.4) is 0 Å². The third kappa shape index (κ3) is 3.22. The summed E-state index contributed by atoms with van der Waals surface area (Å²) in [5, 5.41) is 10.1. The number of H-pyrrole nitrogens is 1. The number of aromatic nitrogens is 2. The molecule has 2 N–H and O–H groups in total. The molecule has 0 amide bonds. The Morgan fingerprint density at radius 1 is 1.36 bits per heavy atom. The zero-order chi connectivity index (χ0) is 15.9. The van der Waals surface area contributed by atoms with Crippen LogP contribution < -0.4 is 0 Å². The van der Waals surface area contributed by atoms with Crippen molar-refractivity contribution in [2.75, 3.05) is 6.17 Å². The molecule has 3 rings (SSSR count). The summed E-state index contributed by atoms with van der Waals surface area (Å²) in [7, 11) is -1.72. The molecule has 1 aliphatic heterocycles. The topological polar surface area (TPSA) is 52.1 Å². The minimum Gasteiger partial charge on any atom is -0.437 e. The Balaban J connectivity index is 1.88. The molecule has 22 heavy (non-hydrogen) atoms. The zero-order valence-electron chi connectivity index (χ0n) is 13.2. The van der Waals surface area contributed by atoms with Gasteiger partial charge in [-0.3, -0.25) is 0 Å². The molecule has 4 nitrogen and oxygen atoms in total. The minimum atomic E-state index is -1.29. The lowest BCUT2D eigenvalue weighted by atomic mass is 9.84. The van der Waals surface area contributed by atoms with Crippen molar-refractivity contribution >= 4 is 31.1 Å². The van der Waals surface area contributed by atoms with Crippen molar-refractivity contribution in [3.8, 4) is 11.3 Å². The summed E-state index contributed by atoms with van der Waals surface area (Å²) in [4.78, 5) is 10.2. The first-order valence-electron chi connectivity index (χ1n) is 7.60. The monoisotopic (exact) mass is 377 g/mol. The van der Waals surface area contributed by atoms with E-state index >= 15 is 0 Å². The van der Waals surface area contributed by atoms with E-state index in [2.05, 4.69) is 55.9 Å². The van der Waals surface area contributed by atoms with Crippen LogP contribution in [0.2, 0.25) is 26.0 Å². The van der Waals surface area contributed by atoms with Gasteiger partial charge in [0, 0.05) is 4.47 Å². The number of halogens is 1. The van der Waals surface area contributed by atoms with Crippen molar-refractivity contribution in [2.24, 2.45) is 0 Å². The molecule has 0 spiro atoms. The van der Waals surface area contributed by atoms with E-state index in [4.69, 9.17) is 0 Å². The predicted octanol–water partition coefficient (Wildman–Crippen LogP) is 3.55. The van der Waals surface area contributed by atoms with Crippen molar-refractivity contribution < 1.29 is 5.02 Å².